The van der Waals surface area contributed by atoms with E-state index in [9.17, 15) is 29.5 Å². The number of oxazole rings is 1. The number of aromatic nitrogens is 1. The van der Waals surface area contributed by atoms with Crippen LogP contribution in [0.5, 0.6) is 5.75 Å². The third kappa shape index (κ3) is 12.0. The largest absolute Gasteiger partial charge is 0.491 e. The summed E-state index contributed by atoms with van der Waals surface area (Å²) in [5, 5.41) is 24.8. The zero-order valence-electron chi connectivity index (χ0n) is 38.4. The molecule has 0 aliphatic carbocycles. The molecule has 0 unspecified atom stereocenters. The van der Waals surface area contributed by atoms with Gasteiger partial charge in [0.2, 0.25) is 17.7 Å². The molecule has 16 nitrogen and oxygen atoms in total. The molecule has 3 aromatic carbocycles. The number of carbonyl (C=O) groups is 4. The van der Waals surface area contributed by atoms with E-state index in [-0.39, 0.29) is 67.1 Å². The molecule has 3 heterocycles. The highest BCUT2D eigenvalue weighted by molar-refractivity contribution is 7.81. The van der Waals surface area contributed by atoms with Crippen molar-refractivity contribution in [1.29, 1.82) is 5.26 Å². The van der Waals surface area contributed by atoms with Gasteiger partial charge in [0, 0.05) is 56.6 Å². The van der Waals surface area contributed by atoms with Gasteiger partial charge in [-0.2, -0.15) is 5.26 Å². The van der Waals surface area contributed by atoms with Gasteiger partial charge in [0.05, 0.1) is 35.2 Å². The number of rotatable bonds is 20. The van der Waals surface area contributed by atoms with Crippen molar-refractivity contribution in [2.75, 3.05) is 49.4 Å². The van der Waals surface area contributed by atoms with Crippen LogP contribution in [-0.2, 0) is 35.2 Å². The second kappa shape index (κ2) is 22.4. The summed E-state index contributed by atoms with van der Waals surface area (Å²) in [6, 6.07) is 14.0. The Balaban J connectivity index is 0.872. The SMILES string of the molecule is CC(C)(C)[C@H](NC(=O)COCCCOCCCCOc1ccc(N2C(=S)N(c3ccc(C#N)c(Cl)c3F)C(=O)C2(C)C)cc1F)C(=O)N1C[C@H](O)C[C@H]1C(=O)NCc1ccc(-c2cnco2)cc1. The van der Waals surface area contributed by atoms with Crippen LogP contribution in [0.15, 0.2) is 71.6 Å². The zero-order valence-corrected chi connectivity index (χ0v) is 39.9. The number of unbranched alkanes of at least 4 members (excludes halogenated alkanes) is 1. The normalized spacial score (nSPS) is 17.3. The van der Waals surface area contributed by atoms with Gasteiger partial charge in [-0.1, -0.05) is 56.6 Å². The minimum Gasteiger partial charge on any atom is -0.491 e. The molecular weight excluding hydrogens is 924 g/mol. The number of hydrogen-bond donors (Lipinski definition) is 3. The molecule has 362 valence electrons. The number of benzene rings is 3. The van der Waals surface area contributed by atoms with Gasteiger partial charge < -0.3 is 44.2 Å². The Morgan fingerprint density at radius 1 is 1.04 bits per heavy atom. The number of carbonyl (C=O) groups excluding carboxylic acids is 4. The van der Waals surface area contributed by atoms with Gasteiger partial charge in [0.25, 0.3) is 5.91 Å². The molecule has 3 N–H and O–H groups in total. The fraction of sp³-hybridized carbons (Fsp3) is 0.438. The molecule has 2 aliphatic heterocycles. The van der Waals surface area contributed by atoms with Crippen molar-refractivity contribution in [3.8, 4) is 23.1 Å². The highest BCUT2D eigenvalue weighted by Gasteiger charge is 2.51. The van der Waals surface area contributed by atoms with E-state index in [2.05, 4.69) is 15.6 Å². The van der Waals surface area contributed by atoms with Crippen LogP contribution >= 0.6 is 23.8 Å². The maximum Gasteiger partial charge on any atom is 0.259 e. The topological polar surface area (TPSA) is 200 Å². The number of ether oxygens (including phenoxy) is 3. The van der Waals surface area contributed by atoms with E-state index in [4.69, 9.17) is 42.4 Å². The average Bonchev–Trinajstić information content (AvgIpc) is 4.02. The maximum atomic E-state index is 15.3. The molecular formula is C48H54ClF2N7O9S. The van der Waals surface area contributed by atoms with Crippen LogP contribution in [0.3, 0.4) is 0 Å². The van der Waals surface area contributed by atoms with E-state index in [1.807, 2.05) is 24.3 Å². The summed E-state index contributed by atoms with van der Waals surface area (Å²) in [5.41, 5.74) is -0.461. The lowest BCUT2D eigenvalue weighted by atomic mass is 9.85. The number of anilines is 2. The Morgan fingerprint density at radius 2 is 1.75 bits per heavy atom. The van der Waals surface area contributed by atoms with Crippen molar-refractivity contribution in [1.82, 2.24) is 20.5 Å². The molecule has 3 atom stereocenters. The first-order valence-corrected chi connectivity index (χ1v) is 22.8. The number of halogens is 3. The minimum atomic E-state index is -1.32. The van der Waals surface area contributed by atoms with Crippen LogP contribution in [0.25, 0.3) is 11.3 Å². The van der Waals surface area contributed by atoms with Crippen molar-refractivity contribution in [2.24, 2.45) is 5.41 Å². The van der Waals surface area contributed by atoms with Crippen LogP contribution < -0.4 is 25.2 Å². The predicted molar refractivity (Wildman–Crippen MR) is 251 cm³/mol. The first-order valence-electron chi connectivity index (χ1n) is 22.0. The molecule has 68 heavy (non-hydrogen) atoms. The van der Waals surface area contributed by atoms with Crippen LogP contribution in [0.2, 0.25) is 5.02 Å². The van der Waals surface area contributed by atoms with Crippen molar-refractivity contribution in [3.63, 3.8) is 0 Å². The zero-order chi connectivity index (χ0) is 49.3. The highest BCUT2D eigenvalue weighted by Crippen LogP contribution is 2.40. The van der Waals surface area contributed by atoms with Crippen LogP contribution in [-0.4, -0.2) is 107 Å². The van der Waals surface area contributed by atoms with E-state index in [0.717, 1.165) is 16.0 Å². The highest BCUT2D eigenvalue weighted by atomic mass is 35.5. The smallest absolute Gasteiger partial charge is 0.259 e. The number of nitriles is 1. The number of hydrogen-bond acceptors (Lipinski definition) is 12. The lowest BCUT2D eigenvalue weighted by molar-refractivity contribution is -0.144. The number of amides is 4. The number of thiocarbonyl (C=S) groups is 1. The monoisotopic (exact) mass is 977 g/mol. The molecule has 2 fully saturated rings. The van der Waals surface area contributed by atoms with Gasteiger partial charge in [0.15, 0.2) is 34.7 Å². The fourth-order valence-electron chi connectivity index (χ4n) is 7.78. The number of aliphatic hydroxyl groups is 1. The Kier molecular flexibility index (Phi) is 16.9. The summed E-state index contributed by atoms with van der Waals surface area (Å²) in [6.07, 6.45) is 3.77. The molecule has 6 rings (SSSR count). The van der Waals surface area contributed by atoms with Crippen molar-refractivity contribution >= 4 is 63.9 Å². The molecule has 20 heteroatoms. The summed E-state index contributed by atoms with van der Waals surface area (Å²) in [6.45, 7) is 9.58. The third-order valence-corrected chi connectivity index (χ3v) is 12.2. The Labute approximate surface area is 403 Å². The number of nitrogens with one attached hydrogen (secondary N) is 2. The molecule has 1 aromatic heterocycles. The molecule has 0 radical (unpaired) electrons. The number of β-amino-alcohol motifs (C(OH)–C–C–N with tert-alkyl or cyclic N) is 1. The average molecular weight is 979 g/mol. The van der Waals surface area contributed by atoms with Crippen molar-refractivity contribution < 1.29 is 51.7 Å². The van der Waals surface area contributed by atoms with E-state index in [1.54, 1.807) is 53.0 Å². The summed E-state index contributed by atoms with van der Waals surface area (Å²) < 4.78 is 52.7. The van der Waals surface area contributed by atoms with E-state index in [0.29, 0.717) is 38.2 Å². The first kappa shape index (κ1) is 51.4. The first-order chi connectivity index (χ1) is 32.3. The molecule has 4 amide bonds. The summed E-state index contributed by atoms with van der Waals surface area (Å²) in [5.74, 6) is -3.03. The van der Waals surface area contributed by atoms with E-state index >= 15 is 8.78 Å². The van der Waals surface area contributed by atoms with Gasteiger partial charge in [-0.15, -0.1) is 0 Å². The lowest BCUT2D eigenvalue weighted by Crippen LogP contribution is -2.58. The standard InChI is InChI=1S/C48H54ClF2N7O9S/c1-47(2,3)42(44(62)56-26-33(59)22-36(56)43(61)54-24-29-9-11-30(12-10-29)38-25-53-28-67-38)55-39(60)27-65-19-8-18-64-17-6-7-20-66-37-16-14-32(21-34(37)50)58-46(68)57(45(63)48(58,4)5)35-15-13-31(23-52)40(49)41(35)51/h9-16,21,25,28,33,36,42,59H,6-8,17-20,22,24,26-27H2,1-5H3,(H,54,61)(H,55,60)/t33-,36+,42-/m1/s1. The maximum absolute atomic E-state index is 15.3. The fourth-order valence-corrected chi connectivity index (χ4v) is 8.50. The van der Waals surface area contributed by atoms with E-state index < -0.39 is 69.4 Å². The van der Waals surface area contributed by atoms with Crippen molar-refractivity contribution in [3.05, 3.63) is 95.0 Å². The third-order valence-electron chi connectivity index (χ3n) is 11.4. The second-order valence-corrected chi connectivity index (χ2v) is 18.7. The number of aliphatic hydroxyl groups excluding tert-OH is 1. The molecule has 0 spiro atoms. The van der Waals surface area contributed by atoms with Gasteiger partial charge in [-0.25, -0.2) is 13.8 Å². The Morgan fingerprint density at radius 3 is 2.43 bits per heavy atom. The Bertz CT molecular complexity index is 2520. The van der Waals surface area contributed by atoms with Gasteiger partial charge in [-0.3, -0.25) is 24.1 Å². The second-order valence-electron chi connectivity index (χ2n) is 17.9. The summed E-state index contributed by atoms with van der Waals surface area (Å²) >= 11 is 11.6. The van der Waals surface area contributed by atoms with E-state index in [1.165, 1.54) is 40.5 Å². The van der Waals surface area contributed by atoms with Crippen LogP contribution in [0.4, 0.5) is 20.2 Å². The Hall–Kier alpha value is -6.04. The molecule has 2 saturated heterocycles. The number of likely N-dealkylation sites (tertiary alicyclic amines) is 1. The summed E-state index contributed by atoms with van der Waals surface area (Å²) in [4.78, 5) is 61.4. The van der Waals surface area contributed by atoms with Gasteiger partial charge in [-0.05, 0) is 80.6 Å². The minimum absolute atomic E-state index is 0.00824. The quantitative estimate of drug-likeness (QED) is 0.0645. The van der Waals surface area contributed by atoms with Gasteiger partial charge in [0.1, 0.15) is 30.3 Å². The van der Waals surface area contributed by atoms with Crippen LogP contribution in [0.1, 0.15) is 71.4 Å². The molecule has 2 aliphatic rings. The predicted octanol–water partition coefficient (Wildman–Crippen LogP) is 6.45. The lowest BCUT2D eigenvalue weighted by Gasteiger charge is -2.35. The molecule has 0 saturated carbocycles. The summed E-state index contributed by atoms with van der Waals surface area (Å²) in [7, 11) is 0. The molecule has 0 bridgehead atoms. The van der Waals surface area contributed by atoms with Crippen LogP contribution in [0, 0.1) is 28.4 Å². The van der Waals surface area contributed by atoms with Gasteiger partial charge >= 0.3 is 0 Å². The van der Waals surface area contributed by atoms with Crippen molar-refractivity contribution in [2.45, 2.75) is 90.6 Å². The number of nitrogens with zero attached hydrogens (tertiary/aromatic N) is 5. The molecule has 4 aromatic rings.